The molecule has 10 heteroatoms. The Labute approximate surface area is 116 Å². The molecule has 6 nitrogen and oxygen atoms in total. The maximum absolute atomic E-state index is 12.7. The summed E-state index contributed by atoms with van der Waals surface area (Å²) in [7, 11) is 0. The van der Waals surface area contributed by atoms with E-state index >= 15 is 0 Å². The zero-order valence-electron chi connectivity index (χ0n) is 10.3. The molecule has 108 valence electrons. The Hall–Kier alpha value is -1.68. The van der Waals surface area contributed by atoms with Gasteiger partial charge in [0, 0.05) is 0 Å². The van der Waals surface area contributed by atoms with E-state index in [4.69, 9.17) is 5.11 Å². The quantitative estimate of drug-likeness (QED) is 0.679. The molecule has 0 bridgehead atoms. The second-order valence-electron chi connectivity index (χ2n) is 3.79. The SMILES string of the molecule is CSc1nc(Cn2cc(CO)nn2)cc(C(F)(F)F)n1. The summed E-state index contributed by atoms with van der Waals surface area (Å²) < 4.78 is 39.4. The second-order valence-corrected chi connectivity index (χ2v) is 4.57. The smallest absolute Gasteiger partial charge is 0.390 e. The fourth-order valence-corrected chi connectivity index (χ4v) is 1.84. The van der Waals surface area contributed by atoms with Gasteiger partial charge in [0.15, 0.2) is 5.16 Å². The summed E-state index contributed by atoms with van der Waals surface area (Å²) in [6, 6.07) is 0.875. The lowest BCUT2D eigenvalue weighted by molar-refractivity contribution is -0.141. The van der Waals surface area contributed by atoms with E-state index in [1.807, 2.05) is 0 Å². The molecule has 0 aliphatic rings. The van der Waals surface area contributed by atoms with Crippen molar-refractivity contribution in [2.24, 2.45) is 0 Å². The van der Waals surface area contributed by atoms with Gasteiger partial charge in [-0.1, -0.05) is 17.0 Å². The molecule has 0 atom stereocenters. The number of aromatic nitrogens is 5. The highest BCUT2D eigenvalue weighted by Gasteiger charge is 2.33. The first kappa shape index (κ1) is 14.7. The lowest BCUT2D eigenvalue weighted by Gasteiger charge is -2.09. The van der Waals surface area contributed by atoms with Crippen molar-refractivity contribution < 1.29 is 18.3 Å². The van der Waals surface area contributed by atoms with Crippen molar-refractivity contribution in [3.63, 3.8) is 0 Å². The highest BCUT2D eigenvalue weighted by Crippen LogP contribution is 2.29. The van der Waals surface area contributed by atoms with E-state index in [2.05, 4.69) is 20.3 Å². The highest BCUT2D eigenvalue weighted by molar-refractivity contribution is 7.98. The summed E-state index contributed by atoms with van der Waals surface area (Å²) >= 11 is 1.03. The molecule has 0 aliphatic heterocycles. The van der Waals surface area contributed by atoms with Gasteiger partial charge in [0.2, 0.25) is 0 Å². The number of alkyl halides is 3. The van der Waals surface area contributed by atoms with Crippen molar-refractivity contribution in [2.45, 2.75) is 24.5 Å². The molecule has 0 saturated heterocycles. The first-order valence-corrected chi connectivity index (χ1v) is 6.64. The number of thioether (sulfide) groups is 1. The van der Waals surface area contributed by atoms with Crippen LogP contribution in [-0.4, -0.2) is 36.3 Å². The molecular formula is C10H10F3N5OS. The van der Waals surface area contributed by atoms with Crippen LogP contribution in [0, 0.1) is 0 Å². The van der Waals surface area contributed by atoms with Crippen molar-refractivity contribution in [1.29, 1.82) is 0 Å². The standard InChI is InChI=1S/C10H10F3N5OS/c1-20-9-14-6(2-8(15-9)10(11,12)13)3-18-4-7(5-19)16-17-18/h2,4,19H,3,5H2,1H3. The van der Waals surface area contributed by atoms with Crippen LogP contribution in [0.2, 0.25) is 0 Å². The Balaban J connectivity index is 2.31. The number of nitrogens with zero attached hydrogens (tertiary/aromatic N) is 5. The largest absolute Gasteiger partial charge is 0.433 e. The van der Waals surface area contributed by atoms with Gasteiger partial charge in [-0.15, -0.1) is 5.10 Å². The molecule has 2 heterocycles. The highest BCUT2D eigenvalue weighted by atomic mass is 32.2. The van der Waals surface area contributed by atoms with Crippen LogP contribution >= 0.6 is 11.8 Å². The van der Waals surface area contributed by atoms with E-state index in [9.17, 15) is 13.2 Å². The van der Waals surface area contributed by atoms with Gasteiger partial charge in [-0.25, -0.2) is 14.6 Å². The predicted molar refractivity (Wildman–Crippen MR) is 63.9 cm³/mol. The van der Waals surface area contributed by atoms with Crippen LogP contribution in [0.5, 0.6) is 0 Å². The summed E-state index contributed by atoms with van der Waals surface area (Å²) in [5, 5.41) is 16.2. The molecule has 1 N–H and O–H groups in total. The summed E-state index contributed by atoms with van der Waals surface area (Å²) in [4.78, 5) is 7.42. The van der Waals surface area contributed by atoms with Gasteiger partial charge in [-0.2, -0.15) is 13.2 Å². The molecule has 20 heavy (non-hydrogen) atoms. The number of aliphatic hydroxyl groups is 1. The fraction of sp³-hybridized carbons (Fsp3) is 0.400. The van der Waals surface area contributed by atoms with Crippen molar-refractivity contribution in [2.75, 3.05) is 6.26 Å². The lowest BCUT2D eigenvalue weighted by atomic mass is 10.3. The van der Waals surface area contributed by atoms with Crippen molar-refractivity contribution in [3.8, 4) is 0 Å². The third-order valence-corrected chi connectivity index (χ3v) is 2.85. The minimum atomic E-state index is -4.53. The third-order valence-electron chi connectivity index (χ3n) is 2.30. The maximum Gasteiger partial charge on any atom is 0.433 e. The Morgan fingerprint density at radius 2 is 2.05 bits per heavy atom. The van der Waals surface area contributed by atoms with E-state index in [1.165, 1.54) is 10.9 Å². The van der Waals surface area contributed by atoms with Gasteiger partial charge in [0.05, 0.1) is 25.0 Å². The topological polar surface area (TPSA) is 76.7 Å². The minimum absolute atomic E-state index is 0.0200. The maximum atomic E-state index is 12.7. The number of hydrogen-bond donors (Lipinski definition) is 1. The van der Waals surface area contributed by atoms with E-state index in [-0.39, 0.29) is 24.0 Å². The van der Waals surface area contributed by atoms with E-state index in [0.717, 1.165) is 17.8 Å². The monoisotopic (exact) mass is 305 g/mol. The molecule has 0 radical (unpaired) electrons. The van der Waals surface area contributed by atoms with Gasteiger partial charge in [-0.3, -0.25) is 0 Å². The Bertz CT molecular complexity index is 601. The summed E-state index contributed by atoms with van der Waals surface area (Å²) in [6.07, 6.45) is -1.49. The van der Waals surface area contributed by atoms with Gasteiger partial charge in [-0.05, 0) is 12.3 Å². The number of halogens is 3. The molecule has 2 rings (SSSR count). The lowest BCUT2D eigenvalue weighted by Crippen LogP contribution is -2.12. The van der Waals surface area contributed by atoms with Crippen LogP contribution < -0.4 is 0 Å². The molecule has 0 unspecified atom stereocenters. The van der Waals surface area contributed by atoms with Crippen molar-refractivity contribution in [3.05, 3.63) is 29.3 Å². The van der Waals surface area contributed by atoms with Crippen LogP contribution in [0.1, 0.15) is 17.1 Å². The van der Waals surface area contributed by atoms with Gasteiger partial charge >= 0.3 is 6.18 Å². The van der Waals surface area contributed by atoms with Gasteiger partial charge in [0.25, 0.3) is 0 Å². The van der Waals surface area contributed by atoms with E-state index in [1.54, 1.807) is 6.26 Å². The molecular weight excluding hydrogens is 295 g/mol. The first-order chi connectivity index (χ1) is 9.42. The zero-order chi connectivity index (χ0) is 14.8. The summed E-state index contributed by atoms with van der Waals surface area (Å²) in [5.74, 6) is 0. The molecule has 0 amide bonds. The average Bonchev–Trinajstić information content (AvgIpc) is 2.85. The van der Waals surface area contributed by atoms with Crippen LogP contribution in [0.15, 0.2) is 17.4 Å². The molecule has 0 saturated carbocycles. The average molecular weight is 305 g/mol. The van der Waals surface area contributed by atoms with Gasteiger partial charge in [0.1, 0.15) is 11.4 Å². The minimum Gasteiger partial charge on any atom is -0.390 e. The zero-order valence-corrected chi connectivity index (χ0v) is 11.1. The van der Waals surface area contributed by atoms with Crippen LogP contribution in [-0.2, 0) is 19.3 Å². The number of hydrogen-bond acceptors (Lipinski definition) is 6. The Morgan fingerprint density at radius 1 is 1.30 bits per heavy atom. The van der Waals surface area contributed by atoms with Crippen LogP contribution in [0.4, 0.5) is 13.2 Å². The molecule has 0 spiro atoms. The Morgan fingerprint density at radius 3 is 2.60 bits per heavy atom. The van der Waals surface area contributed by atoms with E-state index < -0.39 is 11.9 Å². The third kappa shape index (κ3) is 3.45. The summed E-state index contributed by atoms with van der Waals surface area (Å²) in [5.41, 5.74) is -0.486. The van der Waals surface area contributed by atoms with E-state index in [0.29, 0.717) is 5.69 Å². The van der Waals surface area contributed by atoms with Crippen LogP contribution in [0.25, 0.3) is 0 Å². The van der Waals surface area contributed by atoms with Crippen molar-refractivity contribution in [1.82, 2.24) is 25.0 Å². The Kier molecular flexibility index (Phi) is 4.23. The molecule has 2 aromatic heterocycles. The summed E-state index contributed by atoms with van der Waals surface area (Å²) in [6.45, 7) is -0.264. The predicted octanol–water partition coefficient (Wildman–Crippen LogP) is 1.35. The van der Waals surface area contributed by atoms with Gasteiger partial charge < -0.3 is 5.11 Å². The number of aliphatic hydroxyl groups excluding tert-OH is 1. The normalized spacial score (nSPS) is 11.8. The molecule has 0 aromatic carbocycles. The molecule has 2 aromatic rings. The van der Waals surface area contributed by atoms with Crippen molar-refractivity contribution >= 4 is 11.8 Å². The fourth-order valence-electron chi connectivity index (χ4n) is 1.44. The molecule has 0 aliphatic carbocycles. The first-order valence-electron chi connectivity index (χ1n) is 5.41. The molecule has 0 fully saturated rings. The number of rotatable bonds is 4. The van der Waals surface area contributed by atoms with Crippen LogP contribution in [0.3, 0.4) is 0 Å². The second kappa shape index (κ2) is 5.75.